The van der Waals surface area contributed by atoms with Crippen LogP contribution in [0.4, 0.5) is 4.39 Å². The molecule has 0 bridgehead atoms. The van der Waals surface area contributed by atoms with Gasteiger partial charge in [0.2, 0.25) is 0 Å². The molecule has 1 aliphatic rings. The fourth-order valence-corrected chi connectivity index (χ4v) is 2.74. The standard InChI is InChI=1S/C13H15FO3S/c1-18(15,16)17-13-8-4-11(5-9-13)10-2-6-12(14)7-3-10/h2-4,6-7,13H,5,8-9H2,1H3/t13-/m1/s1. The van der Waals surface area contributed by atoms with Gasteiger partial charge in [-0.25, -0.2) is 4.39 Å². The van der Waals surface area contributed by atoms with Gasteiger partial charge in [-0.2, -0.15) is 8.42 Å². The van der Waals surface area contributed by atoms with Crippen LogP contribution in [-0.4, -0.2) is 20.8 Å². The monoisotopic (exact) mass is 270 g/mol. The molecule has 0 spiro atoms. The fraction of sp³-hybridized carbons (Fsp3) is 0.385. The lowest BCUT2D eigenvalue weighted by molar-refractivity contribution is 0.202. The number of hydrogen-bond acceptors (Lipinski definition) is 3. The van der Waals surface area contributed by atoms with Gasteiger partial charge in [-0.05, 0) is 42.5 Å². The highest BCUT2D eigenvalue weighted by Gasteiger charge is 2.19. The van der Waals surface area contributed by atoms with E-state index in [0.717, 1.165) is 23.8 Å². The lowest BCUT2D eigenvalue weighted by atomic mass is 9.92. The zero-order valence-corrected chi connectivity index (χ0v) is 10.9. The third kappa shape index (κ3) is 3.65. The van der Waals surface area contributed by atoms with Crippen LogP contribution in [0.1, 0.15) is 24.8 Å². The Kier molecular flexibility index (Phi) is 3.82. The summed E-state index contributed by atoms with van der Waals surface area (Å²) >= 11 is 0. The molecule has 18 heavy (non-hydrogen) atoms. The van der Waals surface area contributed by atoms with E-state index in [1.165, 1.54) is 12.1 Å². The summed E-state index contributed by atoms with van der Waals surface area (Å²) in [6.45, 7) is 0. The smallest absolute Gasteiger partial charge is 0.264 e. The van der Waals surface area contributed by atoms with E-state index < -0.39 is 10.1 Å². The Labute approximate surface area is 106 Å². The predicted molar refractivity (Wildman–Crippen MR) is 67.9 cm³/mol. The average molecular weight is 270 g/mol. The molecule has 0 unspecified atom stereocenters. The summed E-state index contributed by atoms with van der Waals surface area (Å²) in [5.74, 6) is -0.256. The summed E-state index contributed by atoms with van der Waals surface area (Å²) in [6.07, 6.45) is 4.73. The SMILES string of the molecule is CS(=O)(=O)O[C@@H]1CC=C(c2ccc(F)cc2)CC1. The van der Waals surface area contributed by atoms with Crippen molar-refractivity contribution in [1.82, 2.24) is 0 Å². The maximum Gasteiger partial charge on any atom is 0.264 e. The van der Waals surface area contributed by atoms with Gasteiger partial charge in [0.05, 0.1) is 12.4 Å². The number of benzene rings is 1. The topological polar surface area (TPSA) is 43.4 Å². The van der Waals surface area contributed by atoms with Gasteiger partial charge in [-0.1, -0.05) is 18.2 Å². The molecule has 0 aliphatic heterocycles. The summed E-state index contributed by atoms with van der Waals surface area (Å²) in [6, 6.07) is 6.32. The van der Waals surface area contributed by atoms with Crippen molar-refractivity contribution in [3.8, 4) is 0 Å². The Balaban J connectivity index is 2.05. The molecule has 3 nitrogen and oxygen atoms in total. The minimum Gasteiger partial charge on any atom is -0.267 e. The predicted octanol–water partition coefficient (Wildman–Crippen LogP) is 2.74. The third-order valence-corrected chi connectivity index (χ3v) is 3.51. The lowest BCUT2D eigenvalue weighted by Crippen LogP contribution is -2.19. The highest BCUT2D eigenvalue weighted by atomic mass is 32.2. The molecule has 0 saturated heterocycles. The van der Waals surface area contributed by atoms with Crippen LogP contribution in [0.25, 0.3) is 5.57 Å². The second-order valence-electron chi connectivity index (χ2n) is 4.43. The largest absolute Gasteiger partial charge is 0.267 e. The minimum absolute atomic E-state index is 0.256. The summed E-state index contributed by atoms with van der Waals surface area (Å²) < 4.78 is 39.8. The second kappa shape index (κ2) is 5.20. The van der Waals surface area contributed by atoms with E-state index in [-0.39, 0.29) is 11.9 Å². The molecule has 0 amide bonds. The Morgan fingerprint density at radius 3 is 2.44 bits per heavy atom. The van der Waals surface area contributed by atoms with Crippen LogP contribution in [0.5, 0.6) is 0 Å². The van der Waals surface area contributed by atoms with E-state index in [1.54, 1.807) is 12.1 Å². The maximum atomic E-state index is 12.8. The molecule has 1 aliphatic carbocycles. The van der Waals surface area contributed by atoms with Gasteiger partial charge in [0.15, 0.2) is 0 Å². The van der Waals surface area contributed by atoms with Crippen LogP contribution in [0, 0.1) is 5.82 Å². The molecule has 1 aromatic rings. The summed E-state index contributed by atoms with van der Waals surface area (Å²) in [5, 5.41) is 0. The molecular weight excluding hydrogens is 255 g/mol. The van der Waals surface area contributed by atoms with Crippen LogP contribution >= 0.6 is 0 Å². The average Bonchev–Trinajstić information content (AvgIpc) is 2.29. The Morgan fingerprint density at radius 2 is 1.94 bits per heavy atom. The number of hydrogen-bond donors (Lipinski definition) is 0. The maximum absolute atomic E-state index is 12.8. The molecule has 0 N–H and O–H groups in total. The minimum atomic E-state index is -3.39. The van der Waals surface area contributed by atoms with Crippen LogP contribution in [0.3, 0.4) is 0 Å². The Hall–Kier alpha value is -1.20. The van der Waals surface area contributed by atoms with Crippen molar-refractivity contribution in [1.29, 1.82) is 0 Å². The fourth-order valence-electron chi connectivity index (χ4n) is 2.07. The Bertz CT molecular complexity index is 546. The first kappa shape index (κ1) is 13.2. The van der Waals surface area contributed by atoms with Crippen molar-refractivity contribution < 1.29 is 17.0 Å². The van der Waals surface area contributed by atoms with Crippen molar-refractivity contribution in [2.75, 3.05) is 6.26 Å². The molecular formula is C13H15FO3S. The van der Waals surface area contributed by atoms with Crippen molar-refractivity contribution >= 4 is 15.7 Å². The van der Waals surface area contributed by atoms with Crippen molar-refractivity contribution in [3.63, 3.8) is 0 Å². The summed E-state index contributed by atoms with van der Waals surface area (Å²) in [7, 11) is -3.39. The second-order valence-corrected chi connectivity index (χ2v) is 6.03. The van der Waals surface area contributed by atoms with Crippen molar-refractivity contribution in [3.05, 3.63) is 41.7 Å². The first-order valence-electron chi connectivity index (χ1n) is 5.77. The van der Waals surface area contributed by atoms with Crippen molar-refractivity contribution in [2.24, 2.45) is 0 Å². The lowest BCUT2D eigenvalue weighted by Gasteiger charge is -2.21. The zero-order valence-electron chi connectivity index (χ0n) is 10.1. The summed E-state index contributed by atoms with van der Waals surface area (Å²) in [5.41, 5.74) is 2.09. The number of rotatable bonds is 3. The van der Waals surface area contributed by atoms with Crippen LogP contribution in [0.2, 0.25) is 0 Å². The Morgan fingerprint density at radius 1 is 1.28 bits per heavy atom. The molecule has 0 fully saturated rings. The molecule has 5 heteroatoms. The van der Waals surface area contributed by atoms with E-state index in [4.69, 9.17) is 4.18 Å². The van der Waals surface area contributed by atoms with E-state index in [2.05, 4.69) is 0 Å². The molecule has 0 saturated carbocycles. The van der Waals surface area contributed by atoms with Crippen LogP contribution in [-0.2, 0) is 14.3 Å². The molecule has 2 rings (SSSR count). The molecule has 0 aromatic heterocycles. The van der Waals surface area contributed by atoms with Gasteiger partial charge in [0, 0.05) is 0 Å². The van der Waals surface area contributed by atoms with Gasteiger partial charge >= 0.3 is 0 Å². The summed E-state index contributed by atoms with van der Waals surface area (Å²) in [4.78, 5) is 0. The molecule has 1 atom stereocenters. The van der Waals surface area contributed by atoms with E-state index in [0.29, 0.717) is 12.8 Å². The highest BCUT2D eigenvalue weighted by molar-refractivity contribution is 7.86. The van der Waals surface area contributed by atoms with Gasteiger partial charge < -0.3 is 0 Å². The van der Waals surface area contributed by atoms with Crippen LogP contribution in [0.15, 0.2) is 30.3 Å². The van der Waals surface area contributed by atoms with Crippen LogP contribution < -0.4 is 0 Å². The zero-order chi connectivity index (χ0) is 13.2. The number of halogens is 1. The molecule has 98 valence electrons. The van der Waals surface area contributed by atoms with Gasteiger partial charge in [0.25, 0.3) is 10.1 Å². The molecule has 1 aromatic carbocycles. The van der Waals surface area contributed by atoms with Gasteiger partial charge in [-0.3, -0.25) is 4.18 Å². The normalized spacial score (nSPS) is 20.6. The van der Waals surface area contributed by atoms with E-state index >= 15 is 0 Å². The molecule has 0 radical (unpaired) electrons. The number of allylic oxidation sites excluding steroid dienone is 1. The first-order chi connectivity index (χ1) is 8.44. The van der Waals surface area contributed by atoms with E-state index in [9.17, 15) is 12.8 Å². The quantitative estimate of drug-likeness (QED) is 0.793. The van der Waals surface area contributed by atoms with Gasteiger partial charge in [-0.15, -0.1) is 0 Å². The molecule has 0 heterocycles. The van der Waals surface area contributed by atoms with Crippen molar-refractivity contribution in [2.45, 2.75) is 25.4 Å². The first-order valence-corrected chi connectivity index (χ1v) is 7.59. The highest BCUT2D eigenvalue weighted by Crippen LogP contribution is 2.28. The third-order valence-electron chi connectivity index (χ3n) is 2.89. The van der Waals surface area contributed by atoms with E-state index in [1.807, 2.05) is 6.08 Å². The van der Waals surface area contributed by atoms with Gasteiger partial charge in [0.1, 0.15) is 5.82 Å².